The summed E-state index contributed by atoms with van der Waals surface area (Å²) < 4.78 is 22.5. The van der Waals surface area contributed by atoms with Crippen molar-refractivity contribution in [1.29, 1.82) is 0 Å². The van der Waals surface area contributed by atoms with E-state index >= 15 is 0 Å². The Kier molecular flexibility index (Phi) is 11.0. The lowest BCUT2D eigenvalue weighted by Crippen LogP contribution is -2.36. The zero-order valence-corrected chi connectivity index (χ0v) is 23.2. The molecule has 1 fully saturated rings. The van der Waals surface area contributed by atoms with E-state index in [9.17, 15) is 9.59 Å². The smallest absolute Gasteiger partial charge is 0.330 e. The molecule has 0 amide bonds. The van der Waals surface area contributed by atoms with Crippen LogP contribution in [0.1, 0.15) is 64.8 Å². The van der Waals surface area contributed by atoms with Crippen molar-refractivity contribution < 1.29 is 13.8 Å². The lowest BCUT2D eigenvalue weighted by molar-refractivity contribution is -0.0201. The van der Waals surface area contributed by atoms with Crippen LogP contribution in [0.5, 0.6) is 0 Å². The summed E-state index contributed by atoms with van der Waals surface area (Å²) in [5.41, 5.74) is 0.643. The van der Waals surface area contributed by atoms with Gasteiger partial charge in [-0.2, -0.15) is 0 Å². The third kappa shape index (κ3) is 7.79. The first-order valence-electron chi connectivity index (χ1n) is 12.8. The molecule has 1 saturated heterocycles. The fourth-order valence-corrected chi connectivity index (χ4v) is 6.24. The van der Waals surface area contributed by atoms with Gasteiger partial charge in [0.2, 0.25) is 6.54 Å². The van der Waals surface area contributed by atoms with Gasteiger partial charge in [-0.05, 0) is 58.6 Å². The fourth-order valence-electron chi connectivity index (χ4n) is 4.49. The lowest BCUT2D eigenvalue weighted by atomic mass is 10.1. The van der Waals surface area contributed by atoms with E-state index in [1.807, 2.05) is 19.1 Å². The van der Waals surface area contributed by atoms with Gasteiger partial charge in [0.05, 0.1) is 12.2 Å². The van der Waals surface area contributed by atoms with E-state index in [4.69, 9.17) is 20.4 Å². The predicted molar refractivity (Wildman–Crippen MR) is 143 cm³/mol. The highest BCUT2D eigenvalue weighted by Gasteiger charge is 2.40. The Balaban J connectivity index is 1.79. The molecule has 0 bridgehead atoms. The molecular formula is C26H38N5O5P. The molecule has 1 aliphatic heterocycles. The standard InChI is InChI=1S/C26H38N5O5P/c1-7-22-23(36-37(34-14-13-27-6)31(18(2)3)19(4)5)15-24(35-22)30-17-21(25(32)29-26(30)33)11-10-20-9-8-12-28-16-20/h8-9,12,16-19,22-24H,7,10-11,13-15H2,1-5H3,(H,29,32,33)/t22-,23?,24-,37?/m1/s1. The number of aromatic nitrogens is 3. The summed E-state index contributed by atoms with van der Waals surface area (Å²) >= 11 is 0. The third-order valence-corrected chi connectivity index (χ3v) is 8.37. The molecule has 3 rings (SSSR count). The van der Waals surface area contributed by atoms with Crippen molar-refractivity contribution in [2.24, 2.45) is 0 Å². The predicted octanol–water partition coefficient (Wildman–Crippen LogP) is 4.08. The first-order valence-corrected chi connectivity index (χ1v) is 14.0. The van der Waals surface area contributed by atoms with Crippen molar-refractivity contribution in [1.82, 2.24) is 19.2 Å². The third-order valence-electron chi connectivity index (χ3n) is 6.22. The van der Waals surface area contributed by atoms with Crippen molar-refractivity contribution in [2.75, 3.05) is 13.2 Å². The summed E-state index contributed by atoms with van der Waals surface area (Å²) in [5, 5.41) is 0. The van der Waals surface area contributed by atoms with Crippen LogP contribution in [-0.4, -0.2) is 56.6 Å². The minimum absolute atomic E-state index is 0.182. The van der Waals surface area contributed by atoms with Crippen molar-refractivity contribution in [3.05, 3.63) is 74.1 Å². The van der Waals surface area contributed by atoms with Crippen molar-refractivity contribution >= 4 is 8.53 Å². The van der Waals surface area contributed by atoms with Crippen LogP contribution >= 0.6 is 8.53 Å². The van der Waals surface area contributed by atoms with Gasteiger partial charge in [-0.1, -0.05) is 13.0 Å². The van der Waals surface area contributed by atoms with Crippen LogP contribution < -0.4 is 11.2 Å². The minimum Gasteiger partial charge on any atom is -0.352 e. The molecule has 3 heterocycles. The highest BCUT2D eigenvalue weighted by molar-refractivity contribution is 7.44. The Morgan fingerprint density at radius 1 is 1.30 bits per heavy atom. The maximum atomic E-state index is 12.8. The van der Waals surface area contributed by atoms with Gasteiger partial charge in [0.25, 0.3) is 14.1 Å². The second-order valence-corrected chi connectivity index (χ2v) is 11.0. The number of hydrogen-bond acceptors (Lipinski definition) is 7. The Bertz CT molecular complexity index is 1140. The first kappa shape index (κ1) is 29.2. The maximum Gasteiger partial charge on any atom is 0.330 e. The van der Waals surface area contributed by atoms with E-state index in [0.717, 1.165) is 5.56 Å². The average Bonchev–Trinajstić information content (AvgIpc) is 3.26. The molecule has 2 aromatic heterocycles. The van der Waals surface area contributed by atoms with Crippen LogP contribution in [-0.2, 0) is 26.6 Å². The fraction of sp³-hybridized carbons (Fsp3) is 0.615. The SMILES string of the molecule is [C-]#[N+]CCOP(OC1C[C@H](n2cc(CCc3cccnc3)c(=O)[nH]c2=O)O[C@@H]1CC)N(C(C)C)C(C)C. The average molecular weight is 532 g/mol. The summed E-state index contributed by atoms with van der Waals surface area (Å²) in [6, 6.07) is 4.18. The normalized spacial score (nSPS) is 20.6. The zero-order valence-electron chi connectivity index (χ0n) is 22.3. The number of aromatic amines is 1. The second kappa shape index (κ2) is 13.9. The number of hydrogen-bond donors (Lipinski definition) is 1. The van der Waals surface area contributed by atoms with Gasteiger partial charge in [-0.25, -0.2) is 16.0 Å². The van der Waals surface area contributed by atoms with Gasteiger partial charge in [0, 0.05) is 42.7 Å². The molecule has 1 aliphatic rings. The van der Waals surface area contributed by atoms with Gasteiger partial charge < -0.3 is 18.6 Å². The maximum absolute atomic E-state index is 12.8. The van der Waals surface area contributed by atoms with Crippen molar-refractivity contribution in [3.63, 3.8) is 0 Å². The molecule has 1 N–H and O–H groups in total. The van der Waals surface area contributed by atoms with Crippen LogP contribution in [0, 0.1) is 6.57 Å². The van der Waals surface area contributed by atoms with Crippen molar-refractivity contribution in [3.8, 4) is 0 Å². The number of H-pyrrole nitrogens is 1. The van der Waals surface area contributed by atoms with E-state index in [-0.39, 0.29) is 36.4 Å². The quantitative estimate of drug-likeness (QED) is 0.236. The topological polar surface area (TPSA) is 103 Å². The van der Waals surface area contributed by atoms with Crippen LogP contribution in [0.3, 0.4) is 0 Å². The Labute approximate surface area is 219 Å². The Morgan fingerprint density at radius 3 is 2.68 bits per heavy atom. The molecular weight excluding hydrogens is 493 g/mol. The molecule has 0 saturated carbocycles. The molecule has 4 atom stereocenters. The summed E-state index contributed by atoms with van der Waals surface area (Å²) in [4.78, 5) is 35.2. The molecule has 0 aliphatic carbocycles. The number of aryl methyl sites for hydroxylation is 2. The Hall–Kier alpha value is -2.41. The van der Waals surface area contributed by atoms with E-state index < -0.39 is 20.4 Å². The van der Waals surface area contributed by atoms with Gasteiger partial charge in [-0.15, -0.1) is 0 Å². The van der Waals surface area contributed by atoms with Crippen LogP contribution in [0.15, 0.2) is 40.3 Å². The van der Waals surface area contributed by atoms with Gasteiger partial charge in [0.15, 0.2) is 0 Å². The van der Waals surface area contributed by atoms with Crippen LogP contribution in [0.2, 0.25) is 0 Å². The Morgan fingerprint density at radius 2 is 2.05 bits per heavy atom. The molecule has 11 heteroatoms. The lowest BCUT2D eigenvalue weighted by Gasteiger charge is -2.37. The highest BCUT2D eigenvalue weighted by Crippen LogP contribution is 2.50. The van der Waals surface area contributed by atoms with Gasteiger partial charge in [-0.3, -0.25) is 19.3 Å². The summed E-state index contributed by atoms with van der Waals surface area (Å²) in [5.74, 6) is 0. The number of nitrogens with zero attached hydrogens (tertiary/aromatic N) is 4. The van der Waals surface area contributed by atoms with E-state index in [0.29, 0.717) is 37.9 Å². The number of ether oxygens (including phenoxy) is 1. The van der Waals surface area contributed by atoms with Crippen LogP contribution in [0.4, 0.5) is 0 Å². The molecule has 37 heavy (non-hydrogen) atoms. The second-order valence-electron chi connectivity index (χ2n) is 9.62. The van der Waals surface area contributed by atoms with Gasteiger partial charge >= 0.3 is 5.69 Å². The van der Waals surface area contributed by atoms with Crippen LogP contribution in [0.25, 0.3) is 4.85 Å². The summed E-state index contributed by atoms with van der Waals surface area (Å²) in [7, 11) is -1.44. The summed E-state index contributed by atoms with van der Waals surface area (Å²) in [6.07, 6.45) is 6.24. The zero-order chi connectivity index (χ0) is 26.9. The molecule has 202 valence electrons. The highest BCUT2D eigenvalue weighted by atomic mass is 31.2. The van der Waals surface area contributed by atoms with E-state index in [1.165, 1.54) is 4.57 Å². The number of nitrogens with one attached hydrogen (secondary N) is 1. The molecule has 2 unspecified atom stereocenters. The first-order chi connectivity index (χ1) is 17.7. The number of rotatable bonds is 13. The van der Waals surface area contributed by atoms with Crippen molar-refractivity contribution in [2.45, 2.75) is 90.8 Å². The molecule has 0 radical (unpaired) electrons. The number of pyridine rings is 1. The molecule has 0 spiro atoms. The molecule has 0 aromatic carbocycles. The van der Waals surface area contributed by atoms with E-state index in [1.54, 1.807) is 18.6 Å². The molecule has 10 nitrogen and oxygen atoms in total. The molecule has 2 aromatic rings. The monoisotopic (exact) mass is 531 g/mol. The summed E-state index contributed by atoms with van der Waals surface area (Å²) in [6.45, 7) is 18.0. The van der Waals surface area contributed by atoms with E-state index in [2.05, 4.69) is 47.2 Å². The largest absolute Gasteiger partial charge is 0.352 e. The minimum atomic E-state index is -1.44. The van der Waals surface area contributed by atoms with Gasteiger partial charge in [0.1, 0.15) is 12.8 Å².